The Kier molecular flexibility index (Phi) is 5.79. The van der Waals surface area contributed by atoms with E-state index in [4.69, 9.17) is 0 Å². The summed E-state index contributed by atoms with van der Waals surface area (Å²) in [6.45, 7) is 8.98. The van der Waals surface area contributed by atoms with Crippen LogP contribution >= 0.6 is 0 Å². The number of nitrogens with one attached hydrogen (secondary N) is 1. The Balaban J connectivity index is 2.64. The van der Waals surface area contributed by atoms with Crippen molar-refractivity contribution in [2.75, 3.05) is 6.54 Å². The maximum atomic E-state index is 4.45. The molecule has 0 aromatic carbocycles. The predicted molar refractivity (Wildman–Crippen MR) is 69.4 cm³/mol. The summed E-state index contributed by atoms with van der Waals surface area (Å²) in [5.74, 6) is 0. The van der Waals surface area contributed by atoms with Gasteiger partial charge < -0.3 is 5.32 Å². The van der Waals surface area contributed by atoms with Crippen molar-refractivity contribution in [2.45, 2.75) is 39.2 Å². The van der Waals surface area contributed by atoms with Crippen LogP contribution in [0.2, 0.25) is 0 Å². The van der Waals surface area contributed by atoms with Crippen LogP contribution in [0, 0.1) is 6.92 Å². The molecule has 0 aliphatic carbocycles. The highest BCUT2D eigenvalue weighted by Crippen LogP contribution is 2.18. The van der Waals surface area contributed by atoms with Gasteiger partial charge in [-0.2, -0.15) is 0 Å². The summed E-state index contributed by atoms with van der Waals surface area (Å²) in [7, 11) is 0. The summed E-state index contributed by atoms with van der Waals surface area (Å²) in [6, 6.07) is 4.59. The maximum absolute atomic E-state index is 4.45. The Labute approximate surface area is 98.8 Å². The van der Waals surface area contributed by atoms with Crippen LogP contribution in [-0.2, 0) is 0 Å². The third-order valence-electron chi connectivity index (χ3n) is 2.65. The molecule has 1 heterocycles. The summed E-state index contributed by atoms with van der Waals surface area (Å²) in [5.41, 5.74) is 2.43. The first-order valence-corrected chi connectivity index (χ1v) is 6.04. The van der Waals surface area contributed by atoms with Gasteiger partial charge in [0.2, 0.25) is 0 Å². The average molecular weight is 218 g/mol. The quantitative estimate of drug-likeness (QED) is 0.560. The molecule has 0 fully saturated rings. The van der Waals surface area contributed by atoms with Gasteiger partial charge in [-0.3, -0.25) is 4.98 Å². The number of aromatic nitrogens is 1. The standard InChI is InChI=1S/C14H22N2/c1-4-6-7-8-13(15-5-2)14-11-12(3)9-10-16-14/h4,9-11,13,15H,1,5-8H2,2-3H3. The van der Waals surface area contributed by atoms with Crippen molar-refractivity contribution < 1.29 is 0 Å². The van der Waals surface area contributed by atoms with Gasteiger partial charge in [0.25, 0.3) is 0 Å². The lowest BCUT2D eigenvalue weighted by atomic mass is 10.0. The number of pyridine rings is 1. The number of hydrogen-bond donors (Lipinski definition) is 1. The molecule has 1 atom stereocenters. The number of allylic oxidation sites excluding steroid dienone is 1. The van der Waals surface area contributed by atoms with Crippen LogP contribution in [0.15, 0.2) is 31.0 Å². The Bertz CT molecular complexity index is 320. The molecule has 88 valence electrons. The number of rotatable bonds is 7. The molecule has 16 heavy (non-hydrogen) atoms. The van der Waals surface area contributed by atoms with Crippen molar-refractivity contribution in [1.82, 2.24) is 10.3 Å². The monoisotopic (exact) mass is 218 g/mol. The minimum absolute atomic E-state index is 0.379. The van der Waals surface area contributed by atoms with Crippen molar-refractivity contribution in [3.63, 3.8) is 0 Å². The van der Waals surface area contributed by atoms with Crippen LogP contribution in [0.25, 0.3) is 0 Å². The summed E-state index contributed by atoms with van der Waals surface area (Å²) < 4.78 is 0. The van der Waals surface area contributed by atoms with Crippen LogP contribution in [0.1, 0.15) is 43.5 Å². The van der Waals surface area contributed by atoms with Crippen molar-refractivity contribution >= 4 is 0 Å². The van der Waals surface area contributed by atoms with E-state index >= 15 is 0 Å². The van der Waals surface area contributed by atoms with Gasteiger partial charge in [-0.25, -0.2) is 0 Å². The molecule has 0 radical (unpaired) electrons. The highest BCUT2D eigenvalue weighted by atomic mass is 14.9. The van der Waals surface area contributed by atoms with Gasteiger partial charge in [0.15, 0.2) is 0 Å². The van der Waals surface area contributed by atoms with Crippen LogP contribution in [0.3, 0.4) is 0 Å². The highest BCUT2D eigenvalue weighted by Gasteiger charge is 2.10. The van der Waals surface area contributed by atoms with E-state index in [1.54, 1.807) is 0 Å². The van der Waals surface area contributed by atoms with Gasteiger partial charge in [-0.1, -0.05) is 13.0 Å². The minimum atomic E-state index is 0.379. The van der Waals surface area contributed by atoms with E-state index in [0.29, 0.717) is 6.04 Å². The third-order valence-corrected chi connectivity index (χ3v) is 2.65. The first kappa shape index (κ1) is 12.9. The number of aryl methyl sites for hydroxylation is 1. The molecule has 2 nitrogen and oxygen atoms in total. The average Bonchev–Trinajstić information content (AvgIpc) is 2.28. The fraction of sp³-hybridized carbons (Fsp3) is 0.500. The number of unbranched alkanes of at least 4 members (excludes halogenated alkanes) is 1. The van der Waals surface area contributed by atoms with E-state index in [2.05, 4.69) is 36.8 Å². The van der Waals surface area contributed by atoms with Gasteiger partial charge in [0, 0.05) is 12.2 Å². The second-order valence-corrected chi connectivity index (χ2v) is 4.09. The molecule has 0 saturated carbocycles. The first-order chi connectivity index (χ1) is 7.77. The molecule has 1 rings (SSSR count). The lowest BCUT2D eigenvalue weighted by molar-refractivity contribution is 0.489. The molecule has 1 unspecified atom stereocenters. The lowest BCUT2D eigenvalue weighted by Crippen LogP contribution is -2.21. The summed E-state index contributed by atoms with van der Waals surface area (Å²) >= 11 is 0. The van der Waals surface area contributed by atoms with Crippen molar-refractivity contribution in [2.24, 2.45) is 0 Å². The summed E-state index contributed by atoms with van der Waals surface area (Å²) in [5, 5.41) is 3.49. The Morgan fingerprint density at radius 1 is 1.56 bits per heavy atom. The molecular formula is C14H22N2. The van der Waals surface area contributed by atoms with Crippen LogP contribution in [0.5, 0.6) is 0 Å². The van der Waals surface area contributed by atoms with Crippen LogP contribution in [-0.4, -0.2) is 11.5 Å². The lowest BCUT2D eigenvalue weighted by Gasteiger charge is -2.17. The van der Waals surface area contributed by atoms with Crippen LogP contribution in [0.4, 0.5) is 0 Å². The molecule has 0 aliphatic rings. The smallest absolute Gasteiger partial charge is 0.0575 e. The van der Waals surface area contributed by atoms with E-state index in [1.807, 2.05) is 18.3 Å². The predicted octanol–water partition coefficient (Wildman–Crippen LogP) is 3.40. The highest BCUT2D eigenvalue weighted by molar-refractivity contribution is 5.17. The van der Waals surface area contributed by atoms with Gasteiger partial charge in [0.05, 0.1) is 5.69 Å². The second kappa shape index (κ2) is 7.18. The molecule has 2 heteroatoms. The van der Waals surface area contributed by atoms with Gasteiger partial charge in [0.1, 0.15) is 0 Å². The van der Waals surface area contributed by atoms with E-state index < -0.39 is 0 Å². The van der Waals surface area contributed by atoms with Crippen LogP contribution < -0.4 is 5.32 Å². The topological polar surface area (TPSA) is 24.9 Å². The summed E-state index contributed by atoms with van der Waals surface area (Å²) in [6.07, 6.45) is 7.23. The summed E-state index contributed by atoms with van der Waals surface area (Å²) in [4.78, 5) is 4.45. The Morgan fingerprint density at radius 3 is 3.00 bits per heavy atom. The number of hydrogen-bond acceptors (Lipinski definition) is 2. The molecule has 1 aromatic rings. The van der Waals surface area contributed by atoms with E-state index in [0.717, 1.165) is 31.5 Å². The largest absolute Gasteiger partial charge is 0.309 e. The molecule has 0 aliphatic heterocycles. The van der Waals surface area contributed by atoms with Crippen molar-refractivity contribution in [3.05, 3.63) is 42.2 Å². The van der Waals surface area contributed by atoms with Crippen molar-refractivity contribution in [3.8, 4) is 0 Å². The third kappa shape index (κ3) is 4.15. The number of nitrogens with zero attached hydrogens (tertiary/aromatic N) is 1. The fourth-order valence-electron chi connectivity index (χ4n) is 1.82. The van der Waals surface area contributed by atoms with Gasteiger partial charge >= 0.3 is 0 Å². The zero-order valence-corrected chi connectivity index (χ0v) is 10.4. The first-order valence-electron chi connectivity index (χ1n) is 6.04. The van der Waals surface area contributed by atoms with E-state index in [-0.39, 0.29) is 0 Å². The minimum Gasteiger partial charge on any atom is -0.309 e. The molecule has 0 amide bonds. The Morgan fingerprint density at radius 2 is 2.38 bits per heavy atom. The molecule has 0 saturated heterocycles. The SMILES string of the molecule is C=CCCCC(NCC)c1cc(C)ccn1. The molecule has 1 aromatic heterocycles. The molecule has 0 spiro atoms. The molecule has 0 bridgehead atoms. The second-order valence-electron chi connectivity index (χ2n) is 4.09. The molecular weight excluding hydrogens is 196 g/mol. The van der Waals surface area contributed by atoms with Crippen molar-refractivity contribution in [1.29, 1.82) is 0 Å². The van der Waals surface area contributed by atoms with Gasteiger partial charge in [-0.15, -0.1) is 6.58 Å². The van der Waals surface area contributed by atoms with E-state index in [9.17, 15) is 0 Å². The zero-order chi connectivity index (χ0) is 11.8. The Hall–Kier alpha value is -1.15. The molecule has 1 N–H and O–H groups in total. The zero-order valence-electron chi connectivity index (χ0n) is 10.4. The maximum Gasteiger partial charge on any atom is 0.0575 e. The fourth-order valence-corrected chi connectivity index (χ4v) is 1.82. The van der Waals surface area contributed by atoms with E-state index in [1.165, 1.54) is 5.56 Å². The normalized spacial score (nSPS) is 12.4. The van der Waals surface area contributed by atoms with Gasteiger partial charge in [-0.05, 0) is 50.4 Å².